The molecule has 0 fully saturated rings. The molecule has 14 heavy (non-hydrogen) atoms. The summed E-state index contributed by atoms with van der Waals surface area (Å²) in [5, 5.41) is 11.3. The van der Waals surface area contributed by atoms with E-state index in [9.17, 15) is 4.79 Å². The van der Waals surface area contributed by atoms with Crippen molar-refractivity contribution < 1.29 is 9.90 Å². The van der Waals surface area contributed by atoms with Crippen molar-refractivity contribution >= 4 is 5.91 Å². The van der Waals surface area contributed by atoms with E-state index in [1.165, 1.54) is 0 Å². The maximum atomic E-state index is 11.4. The van der Waals surface area contributed by atoms with Gasteiger partial charge in [0.25, 0.3) is 0 Å². The summed E-state index contributed by atoms with van der Waals surface area (Å²) in [4.78, 5) is 11.4. The van der Waals surface area contributed by atoms with Crippen LogP contribution in [0.15, 0.2) is 0 Å². The van der Waals surface area contributed by atoms with Gasteiger partial charge in [0.05, 0.1) is 0 Å². The summed E-state index contributed by atoms with van der Waals surface area (Å²) in [5.74, 6) is 0.456. The lowest BCUT2D eigenvalue weighted by molar-refractivity contribution is -0.122. The Kier molecular flexibility index (Phi) is 5.77. The van der Waals surface area contributed by atoms with Crippen LogP contribution in [0.4, 0.5) is 0 Å². The minimum absolute atomic E-state index is 0.0841. The number of aliphatic hydroxyl groups excluding tert-OH is 1. The molecule has 1 unspecified atom stereocenters. The normalized spacial score (nSPS) is 13.8. The number of carbonyl (C=O) groups is 1. The highest BCUT2D eigenvalue weighted by Gasteiger charge is 2.22. The van der Waals surface area contributed by atoms with Gasteiger partial charge in [0.15, 0.2) is 0 Å². The third-order valence-electron chi connectivity index (χ3n) is 2.63. The summed E-state index contributed by atoms with van der Waals surface area (Å²) >= 11 is 0. The Bertz CT molecular complexity index is 173. The molecule has 3 nitrogen and oxygen atoms in total. The van der Waals surface area contributed by atoms with E-state index in [1.54, 1.807) is 0 Å². The van der Waals surface area contributed by atoms with Crippen molar-refractivity contribution in [3.63, 3.8) is 0 Å². The fourth-order valence-electron chi connectivity index (χ4n) is 0.963. The predicted molar refractivity (Wildman–Crippen MR) is 57.9 cm³/mol. The molecule has 3 heteroatoms. The van der Waals surface area contributed by atoms with Gasteiger partial charge in [-0.2, -0.15) is 0 Å². The van der Waals surface area contributed by atoms with Crippen LogP contribution in [0.2, 0.25) is 0 Å². The van der Waals surface area contributed by atoms with Crippen LogP contribution in [-0.4, -0.2) is 24.2 Å². The fourth-order valence-corrected chi connectivity index (χ4v) is 0.963. The third-order valence-corrected chi connectivity index (χ3v) is 2.63. The molecule has 1 atom stereocenters. The number of amides is 1. The number of hydrogen-bond acceptors (Lipinski definition) is 2. The summed E-state index contributed by atoms with van der Waals surface area (Å²) in [6.45, 7) is 9.21. The highest BCUT2D eigenvalue weighted by atomic mass is 16.3. The highest BCUT2D eigenvalue weighted by Crippen LogP contribution is 2.27. The highest BCUT2D eigenvalue weighted by molar-refractivity contribution is 5.76. The first-order valence-corrected chi connectivity index (χ1v) is 5.25. The lowest BCUT2D eigenvalue weighted by Crippen LogP contribution is -2.30. The van der Waals surface area contributed by atoms with Crippen LogP contribution in [0.5, 0.6) is 0 Å². The molecule has 0 saturated carbocycles. The van der Waals surface area contributed by atoms with E-state index in [0.29, 0.717) is 25.3 Å². The molecule has 0 aromatic heterocycles. The van der Waals surface area contributed by atoms with Crippen LogP contribution in [0, 0.1) is 11.3 Å². The molecule has 2 N–H and O–H groups in total. The van der Waals surface area contributed by atoms with Crippen LogP contribution in [0.3, 0.4) is 0 Å². The molecule has 0 aliphatic heterocycles. The molecule has 0 spiro atoms. The molecule has 0 aliphatic carbocycles. The van der Waals surface area contributed by atoms with Gasteiger partial charge in [0.2, 0.25) is 5.91 Å². The van der Waals surface area contributed by atoms with Crippen molar-refractivity contribution in [1.29, 1.82) is 0 Å². The van der Waals surface area contributed by atoms with Gasteiger partial charge in [0, 0.05) is 19.6 Å². The minimum Gasteiger partial charge on any atom is -0.396 e. The van der Waals surface area contributed by atoms with E-state index >= 15 is 0 Å². The van der Waals surface area contributed by atoms with Crippen molar-refractivity contribution in [2.75, 3.05) is 13.2 Å². The fraction of sp³-hybridized carbons (Fsp3) is 0.909. The molecular weight excluding hydrogens is 178 g/mol. The van der Waals surface area contributed by atoms with Gasteiger partial charge >= 0.3 is 0 Å². The van der Waals surface area contributed by atoms with Gasteiger partial charge in [-0.05, 0) is 17.8 Å². The summed E-state index contributed by atoms with van der Waals surface area (Å²) < 4.78 is 0. The second kappa shape index (κ2) is 6.02. The van der Waals surface area contributed by atoms with Crippen molar-refractivity contribution in [3.8, 4) is 0 Å². The van der Waals surface area contributed by atoms with E-state index in [1.807, 2.05) is 0 Å². The summed E-state index contributed by atoms with van der Waals surface area (Å²) in [5.41, 5.74) is 0.175. The summed E-state index contributed by atoms with van der Waals surface area (Å²) in [6.07, 6.45) is 1.20. The van der Waals surface area contributed by atoms with Crippen LogP contribution in [-0.2, 0) is 4.79 Å². The smallest absolute Gasteiger partial charge is 0.220 e. The van der Waals surface area contributed by atoms with Crippen molar-refractivity contribution in [2.24, 2.45) is 11.3 Å². The van der Waals surface area contributed by atoms with Gasteiger partial charge in [-0.1, -0.05) is 27.7 Å². The molecule has 0 aromatic rings. The second-order valence-corrected chi connectivity index (χ2v) is 4.90. The first-order valence-electron chi connectivity index (χ1n) is 5.25. The average Bonchev–Trinajstić information content (AvgIpc) is 2.03. The standard InChI is InChI=1S/C11H23NO2/c1-9(11(2,3)4)8-10(14)12-6-5-7-13/h9,13H,5-8H2,1-4H3,(H,12,14). The first kappa shape index (κ1) is 13.4. The number of nitrogens with one attached hydrogen (secondary N) is 1. The lowest BCUT2D eigenvalue weighted by atomic mass is 9.80. The van der Waals surface area contributed by atoms with E-state index in [-0.39, 0.29) is 17.9 Å². The van der Waals surface area contributed by atoms with E-state index in [0.717, 1.165) is 0 Å². The van der Waals surface area contributed by atoms with Crippen LogP contribution in [0.25, 0.3) is 0 Å². The van der Waals surface area contributed by atoms with Crippen LogP contribution in [0.1, 0.15) is 40.5 Å². The number of carbonyl (C=O) groups excluding carboxylic acids is 1. The van der Waals surface area contributed by atoms with Crippen molar-refractivity contribution in [1.82, 2.24) is 5.32 Å². The molecule has 0 aliphatic rings. The molecule has 0 heterocycles. The van der Waals surface area contributed by atoms with Crippen LogP contribution >= 0.6 is 0 Å². The topological polar surface area (TPSA) is 49.3 Å². The zero-order chi connectivity index (χ0) is 11.2. The number of hydrogen-bond donors (Lipinski definition) is 2. The quantitative estimate of drug-likeness (QED) is 0.663. The number of aliphatic hydroxyl groups is 1. The van der Waals surface area contributed by atoms with Crippen molar-refractivity contribution in [2.45, 2.75) is 40.5 Å². The number of rotatable bonds is 5. The zero-order valence-corrected chi connectivity index (χ0v) is 9.76. The lowest BCUT2D eigenvalue weighted by Gasteiger charge is -2.26. The molecule has 0 aromatic carbocycles. The third kappa shape index (κ3) is 5.97. The Labute approximate surface area is 86.9 Å². The van der Waals surface area contributed by atoms with E-state index in [4.69, 9.17) is 5.11 Å². The molecule has 84 valence electrons. The maximum absolute atomic E-state index is 11.4. The first-order chi connectivity index (χ1) is 6.38. The van der Waals surface area contributed by atoms with Gasteiger partial charge in [-0.25, -0.2) is 0 Å². The average molecular weight is 201 g/mol. The van der Waals surface area contributed by atoms with E-state index in [2.05, 4.69) is 33.0 Å². The molecule has 1 amide bonds. The largest absolute Gasteiger partial charge is 0.396 e. The Morgan fingerprint density at radius 3 is 2.43 bits per heavy atom. The summed E-state index contributed by atoms with van der Waals surface area (Å²) in [7, 11) is 0. The van der Waals surface area contributed by atoms with Crippen LogP contribution < -0.4 is 5.32 Å². The molecule has 0 radical (unpaired) electrons. The monoisotopic (exact) mass is 201 g/mol. The second-order valence-electron chi connectivity index (χ2n) is 4.90. The van der Waals surface area contributed by atoms with Gasteiger partial charge in [0.1, 0.15) is 0 Å². The maximum Gasteiger partial charge on any atom is 0.220 e. The van der Waals surface area contributed by atoms with Gasteiger partial charge in [-0.15, -0.1) is 0 Å². The van der Waals surface area contributed by atoms with Gasteiger partial charge in [-0.3, -0.25) is 4.79 Å². The van der Waals surface area contributed by atoms with Gasteiger partial charge < -0.3 is 10.4 Å². The molecule has 0 bridgehead atoms. The zero-order valence-electron chi connectivity index (χ0n) is 9.76. The SMILES string of the molecule is CC(CC(=O)NCCCO)C(C)(C)C. The molecular formula is C11H23NO2. The molecule has 0 saturated heterocycles. The predicted octanol–water partition coefficient (Wildman–Crippen LogP) is 1.56. The Morgan fingerprint density at radius 2 is 2.00 bits per heavy atom. The minimum atomic E-state index is 0.0841. The Balaban J connectivity index is 3.72. The Morgan fingerprint density at radius 1 is 1.43 bits per heavy atom. The van der Waals surface area contributed by atoms with E-state index < -0.39 is 0 Å². The van der Waals surface area contributed by atoms with Crippen molar-refractivity contribution in [3.05, 3.63) is 0 Å². The summed E-state index contributed by atoms with van der Waals surface area (Å²) in [6, 6.07) is 0. The Hall–Kier alpha value is -0.570. The molecule has 0 rings (SSSR count).